The van der Waals surface area contributed by atoms with Crippen LogP contribution in [0, 0.1) is 22.7 Å². The number of nitriles is 2. The minimum absolute atomic E-state index is 0.0665. The number of carbonyl (C=O) groups is 4. The molecular formula is C37H44N4O8. The molecule has 0 fully saturated rings. The summed E-state index contributed by atoms with van der Waals surface area (Å²) >= 11 is 0. The van der Waals surface area contributed by atoms with E-state index >= 15 is 0 Å². The Morgan fingerprint density at radius 2 is 0.980 bits per heavy atom. The van der Waals surface area contributed by atoms with Gasteiger partial charge in [-0.15, -0.1) is 0 Å². The summed E-state index contributed by atoms with van der Waals surface area (Å²) < 4.78 is 20.4. The van der Waals surface area contributed by atoms with Crippen LogP contribution in [0.4, 0.5) is 11.4 Å². The van der Waals surface area contributed by atoms with Gasteiger partial charge in [-0.3, -0.25) is 9.59 Å². The average molecular weight is 673 g/mol. The Bertz CT molecular complexity index is 1420. The van der Waals surface area contributed by atoms with Crippen LogP contribution in [0.3, 0.4) is 0 Å². The quantitative estimate of drug-likeness (QED) is 0.0593. The van der Waals surface area contributed by atoms with Crippen molar-refractivity contribution >= 4 is 47.4 Å². The van der Waals surface area contributed by atoms with E-state index in [-0.39, 0.29) is 62.4 Å². The smallest absolute Gasteiger partial charge is 0.348 e. The number of anilines is 2. The van der Waals surface area contributed by atoms with E-state index in [4.69, 9.17) is 18.9 Å². The van der Waals surface area contributed by atoms with E-state index in [1.807, 2.05) is 60.3 Å². The SMILES string of the molecule is CCOC(=O)C(C#N)=Cc1ccc(N(C)CCCOC(=O)CCCC(=O)OCCCN(C)c2ccc(C=C(C#N)C(=O)OCC)cc2)cc1. The average Bonchev–Trinajstić information content (AvgIpc) is 3.10. The molecule has 0 saturated heterocycles. The van der Waals surface area contributed by atoms with Crippen LogP contribution in [0.2, 0.25) is 0 Å². The van der Waals surface area contributed by atoms with Crippen molar-refractivity contribution in [2.75, 3.05) is 63.4 Å². The van der Waals surface area contributed by atoms with Crippen LogP contribution < -0.4 is 9.80 Å². The molecule has 260 valence electrons. The molecule has 0 atom stereocenters. The molecule has 0 N–H and O–H groups in total. The molecule has 0 aliphatic rings. The summed E-state index contributed by atoms with van der Waals surface area (Å²) in [6.45, 7) is 5.53. The molecule has 0 radical (unpaired) electrons. The molecule has 49 heavy (non-hydrogen) atoms. The van der Waals surface area contributed by atoms with Gasteiger partial charge >= 0.3 is 23.9 Å². The van der Waals surface area contributed by atoms with Crippen LogP contribution in [-0.4, -0.2) is 77.5 Å². The summed E-state index contributed by atoms with van der Waals surface area (Å²) in [6.07, 6.45) is 4.78. The van der Waals surface area contributed by atoms with Crippen molar-refractivity contribution in [3.8, 4) is 12.1 Å². The van der Waals surface area contributed by atoms with Gasteiger partial charge in [0.05, 0.1) is 26.4 Å². The summed E-state index contributed by atoms with van der Waals surface area (Å²) in [5.74, 6) is -2.04. The van der Waals surface area contributed by atoms with E-state index in [1.165, 1.54) is 12.2 Å². The lowest BCUT2D eigenvalue weighted by molar-refractivity contribution is -0.145. The lowest BCUT2D eigenvalue weighted by Crippen LogP contribution is -2.20. The third-order valence-corrected chi connectivity index (χ3v) is 7.08. The molecule has 0 bridgehead atoms. The Balaban J connectivity index is 1.60. The molecule has 0 aromatic heterocycles. The second kappa shape index (κ2) is 22.0. The standard InChI is InChI=1S/C37H44N4O8/c1-5-46-36(44)30(26-38)24-28-12-16-32(17-13-28)40(3)20-8-22-48-34(42)10-7-11-35(43)49-23-9-21-41(4)33-18-14-29(15-19-33)25-31(27-39)37(45)47-6-2/h12-19,24-25H,5-11,20-23H2,1-4H3. The van der Waals surface area contributed by atoms with Gasteiger partial charge in [0, 0.05) is 51.4 Å². The maximum absolute atomic E-state index is 12.1. The fourth-order valence-corrected chi connectivity index (χ4v) is 4.43. The molecule has 2 aromatic rings. The van der Waals surface area contributed by atoms with E-state index in [0.29, 0.717) is 43.5 Å². The molecule has 12 heteroatoms. The van der Waals surface area contributed by atoms with E-state index in [1.54, 1.807) is 38.1 Å². The minimum Gasteiger partial charge on any atom is -0.466 e. The van der Waals surface area contributed by atoms with Crippen LogP contribution in [0.15, 0.2) is 59.7 Å². The fourth-order valence-electron chi connectivity index (χ4n) is 4.43. The first-order chi connectivity index (χ1) is 23.6. The third kappa shape index (κ3) is 14.8. The van der Waals surface area contributed by atoms with E-state index in [0.717, 1.165) is 11.4 Å². The number of ether oxygens (including phenoxy) is 4. The largest absolute Gasteiger partial charge is 0.466 e. The molecule has 0 spiro atoms. The lowest BCUT2D eigenvalue weighted by Gasteiger charge is -2.19. The van der Waals surface area contributed by atoms with Crippen molar-refractivity contribution in [1.29, 1.82) is 10.5 Å². The monoisotopic (exact) mass is 672 g/mol. The summed E-state index contributed by atoms with van der Waals surface area (Å²) in [4.78, 5) is 51.8. The number of carbonyl (C=O) groups excluding carboxylic acids is 4. The number of esters is 4. The highest BCUT2D eigenvalue weighted by molar-refractivity contribution is 5.98. The Kier molecular flexibility index (Phi) is 17.8. The predicted molar refractivity (Wildman–Crippen MR) is 185 cm³/mol. The Hall–Kier alpha value is -5.62. The van der Waals surface area contributed by atoms with Crippen LogP contribution in [0.1, 0.15) is 57.1 Å². The van der Waals surface area contributed by atoms with Crippen LogP contribution in [-0.2, 0) is 38.1 Å². The Morgan fingerprint density at radius 1 is 0.612 bits per heavy atom. The second-order valence-electron chi connectivity index (χ2n) is 10.8. The molecule has 2 rings (SSSR count). The maximum Gasteiger partial charge on any atom is 0.348 e. The summed E-state index contributed by atoms with van der Waals surface area (Å²) in [5.41, 5.74) is 3.12. The third-order valence-electron chi connectivity index (χ3n) is 7.08. The van der Waals surface area contributed by atoms with Gasteiger partial charge in [0.2, 0.25) is 0 Å². The van der Waals surface area contributed by atoms with Crippen molar-refractivity contribution < 1.29 is 38.1 Å². The lowest BCUT2D eigenvalue weighted by atomic mass is 10.1. The van der Waals surface area contributed by atoms with Gasteiger partial charge in [0.1, 0.15) is 23.3 Å². The molecule has 0 aliphatic heterocycles. The van der Waals surface area contributed by atoms with Gasteiger partial charge < -0.3 is 28.7 Å². The van der Waals surface area contributed by atoms with Crippen molar-refractivity contribution in [3.63, 3.8) is 0 Å². The zero-order valence-corrected chi connectivity index (χ0v) is 28.6. The summed E-state index contributed by atoms with van der Waals surface area (Å²) in [7, 11) is 3.82. The fraction of sp³-hybridized carbons (Fsp3) is 0.405. The van der Waals surface area contributed by atoms with Crippen molar-refractivity contribution in [1.82, 2.24) is 0 Å². The van der Waals surface area contributed by atoms with Gasteiger partial charge in [-0.25, -0.2) is 9.59 Å². The maximum atomic E-state index is 12.1. The summed E-state index contributed by atoms with van der Waals surface area (Å²) in [6, 6.07) is 18.4. The van der Waals surface area contributed by atoms with Crippen LogP contribution in [0.5, 0.6) is 0 Å². The predicted octanol–water partition coefficient (Wildman–Crippen LogP) is 5.24. The molecule has 12 nitrogen and oxygen atoms in total. The Labute approximate surface area is 288 Å². The number of hydrogen-bond donors (Lipinski definition) is 0. The van der Waals surface area contributed by atoms with E-state index in [9.17, 15) is 29.7 Å². The van der Waals surface area contributed by atoms with Gasteiger partial charge in [0.25, 0.3) is 0 Å². The van der Waals surface area contributed by atoms with Crippen molar-refractivity contribution in [2.45, 2.75) is 46.0 Å². The highest BCUT2D eigenvalue weighted by atomic mass is 16.5. The molecule has 0 saturated carbocycles. The number of hydrogen-bond acceptors (Lipinski definition) is 12. The van der Waals surface area contributed by atoms with Gasteiger partial charge in [-0.2, -0.15) is 10.5 Å². The molecule has 0 unspecified atom stereocenters. The van der Waals surface area contributed by atoms with E-state index in [2.05, 4.69) is 0 Å². The first kappa shape index (κ1) is 39.6. The van der Waals surface area contributed by atoms with E-state index < -0.39 is 11.9 Å². The molecule has 0 amide bonds. The molecular weight excluding hydrogens is 628 g/mol. The van der Waals surface area contributed by atoms with Crippen LogP contribution >= 0.6 is 0 Å². The first-order valence-electron chi connectivity index (χ1n) is 16.1. The minimum atomic E-state index is -0.654. The zero-order valence-electron chi connectivity index (χ0n) is 28.6. The van der Waals surface area contributed by atoms with Crippen molar-refractivity contribution in [2.24, 2.45) is 0 Å². The highest BCUT2D eigenvalue weighted by Crippen LogP contribution is 2.18. The summed E-state index contributed by atoms with van der Waals surface area (Å²) in [5, 5.41) is 18.4. The number of benzene rings is 2. The molecule has 2 aromatic carbocycles. The van der Waals surface area contributed by atoms with Gasteiger partial charge in [0.15, 0.2) is 0 Å². The topological polar surface area (TPSA) is 159 Å². The first-order valence-corrected chi connectivity index (χ1v) is 16.1. The zero-order chi connectivity index (χ0) is 36.0. The van der Waals surface area contributed by atoms with Gasteiger partial charge in [-0.1, -0.05) is 24.3 Å². The Morgan fingerprint density at radius 3 is 1.31 bits per heavy atom. The van der Waals surface area contributed by atoms with Crippen molar-refractivity contribution in [3.05, 3.63) is 70.8 Å². The number of rotatable bonds is 20. The highest BCUT2D eigenvalue weighted by Gasteiger charge is 2.12. The second-order valence-corrected chi connectivity index (χ2v) is 10.8. The number of nitrogens with zero attached hydrogens (tertiary/aromatic N) is 4. The van der Waals surface area contributed by atoms with Gasteiger partial charge in [-0.05, 0) is 80.7 Å². The van der Waals surface area contributed by atoms with Crippen LogP contribution in [0.25, 0.3) is 12.2 Å². The molecule has 0 heterocycles. The normalized spacial score (nSPS) is 11.1. The molecule has 0 aliphatic carbocycles.